The molecule has 0 aliphatic rings. The Bertz CT molecular complexity index is 1080. The highest BCUT2D eigenvalue weighted by molar-refractivity contribution is 5.78. The van der Waals surface area contributed by atoms with Gasteiger partial charge in [0, 0.05) is 19.2 Å². The largest absolute Gasteiger partial charge is 0.492 e. The molecule has 0 bridgehead atoms. The predicted octanol–water partition coefficient (Wildman–Crippen LogP) is 1.71. The Morgan fingerprint density at radius 1 is 1.11 bits per heavy atom. The van der Waals surface area contributed by atoms with Gasteiger partial charge in [-0.15, -0.1) is 0 Å². The SMILES string of the molecule is CCN(CC)CCOc1ccc(-c2nc(C)c3c(n2)c(=O)[nH]c(=O)n3C)cc1. The molecule has 28 heavy (non-hydrogen) atoms. The van der Waals surface area contributed by atoms with Gasteiger partial charge in [-0.2, -0.15) is 0 Å². The molecule has 0 atom stereocenters. The fourth-order valence-electron chi connectivity index (χ4n) is 3.13. The van der Waals surface area contributed by atoms with Crippen molar-refractivity contribution in [2.75, 3.05) is 26.2 Å². The number of ether oxygens (including phenoxy) is 1. The number of likely N-dealkylation sites (N-methyl/N-ethyl adjacent to an activating group) is 1. The van der Waals surface area contributed by atoms with Crippen LogP contribution in [-0.4, -0.2) is 50.7 Å². The maximum Gasteiger partial charge on any atom is 0.328 e. The second-order valence-electron chi connectivity index (χ2n) is 6.55. The summed E-state index contributed by atoms with van der Waals surface area (Å²) < 4.78 is 7.15. The van der Waals surface area contributed by atoms with Crippen LogP contribution >= 0.6 is 0 Å². The summed E-state index contributed by atoms with van der Waals surface area (Å²) in [6.07, 6.45) is 0. The molecular formula is C20H25N5O3. The zero-order chi connectivity index (χ0) is 20.3. The van der Waals surface area contributed by atoms with E-state index < -0.39 is 11.2 Å². The van der Waals surface area contributed by atoms with Crippen LogP contribution in [0.1, 0.15) is 19.5 Å². The van der Waals surface area contributed by atoms with E-state index in [0.717, 1.165) is 30.9 Å². The van der Waals surface area contributed by atoms with Gasteiger partial charge in [-0.05, 0) is 44.3 Å². The number of rotatable bonds is 7. The first kappa shape index (κ1) is 19.8. The van der Waals surface area contributed by atoms with Crippen LogP contribution in [0.2, 0.25) is 0 Å². The fraction of sp³-hybridized carbons (Fsp3) is 0.400. The second kappa shape index (κ2) is 8.35. The summed E-state index contributed by atoms with van der Waals surface area (Å²) in [4.78, 5) is 37.4. The minimum absolute atomic E-state index is 0.198. The Balaban J connectivity index is 1.85. The lowest BCUT2D eigenvalue weighted by atomic mass is 10.2. The van der Waals surface area contributed by atoms with E-state index in [1.54, 1.807) is 14.0 Å². The van der Waals surface area contributed by atoms with Crippen LogP contribution in [0.15, 0.2) is 33.9 Å². The van der Waals surface area contributed by atoms with Gasteiger partial charge >= 0.3 is 5.69 Å². The van der Waals surface area contributed by atoms with Crippen molar-refractivity contribution in [1.82, 2.24) is 24.4 Å². The van der Waals surface area contributed by atoms with Crippen molar-refractivity contribution in [3.05, 3.63) is 50.8 Å². The number of hydrogen-bond donors (Lipinski definition) is 1. The molecule has 0 fully saturated rings. The third kappa shape index (κ3) is 3.96. The number of benzene rings is 1. The zero-order valence-electron chi connectivity index (χ0n) is 16.7. The van der Waals surface area contributed by atoms with Gasteiger partial charge in [-0.25, -0.2) is 14.8 Å². The first-order chi connectivity index (χ1) is 13.4. The number of aromatic nitrogens is 4. The molecule has 148 valence electrons. The standard InChI is InChI=1S/C20H25N5O3/c1-5-25(6-2)11-12-28-15-9-7-14(8-10-15)18-21-13(3)17-16(22-18)19(26)23-20(27)24(17)4/h7-10H,5-6,11-12H2,1-4H3,(H,23,26,27). The smallest absolute Gasteiger partial charge is 0.328 e. The third-order valence-corrected chi connectivity index (χ3v) is 4.82. The van der Waals surface area contributed by atoms with Gasteiger partial charge in [-0.3, -0.25) is 14.3 Å². The Labute approximate surface area is 162 Å². The van der Waals surface area contributed by atoms with Crippen LogP contribution in [0, 0.1) is 6.92 Å². The quantitative estimate of drug-likeness (QED) is 0.668. The van der Waals surface area contributed by atoms with Gasteiger partial charge in [0.15, 0.2) is 11.3 Å². The van der Waals surface area contributed by atoms with Crippen molar-refractivity contribution < 1.29 is 4.74 Å². The fourth-order valence-corrected chi connectivity index (χ4v) is 3.13. The van der Waals surface area contributed by atoms with Gasteiger partial charge in [0.2, 0.25) is 0 Å². The molecule has 0 aliphatic heterocycles. The number of nitrogens with one attached hydrogen (secondary N) is 1. The molecule has 0 aliphatic carbocycles. The Kier molecular flexibility index (Phi) is 5.89. The Morgan fingerprint density at radius 2 is 1.79 bits per heavy atom. The van der Waals surface area contributed by atoms with E-state index in [0.29, 0.717) is 23.6 Å². The van der Waals surface area contributed by atoms with Gasteiger partial charge in [0.1, 0.15) is 12.4 Å². The highest BCUT2D eigenvalue weighted by Gasteiger charge is 2.13. The minimum atomic E-state index is -0.513. The van der Waals surface area contributed by atoms with E-state index in [1.165, 1.54) is 4.57 Å². The number of hydrogen-bond acceptors (Lipinski definition) is 6. The molecule has 0 radical (unpaired) electrons. The van der Waals surface area contributed by atoms with Crippen LogP contribution in [0.3, 0.4) is 0 Å². The molecule has 0 saturated heterocycles. The average Bonchev–Trinajstić information content (AvgIpc) is 2.69. The lowest BCUT2D eigenvalue weighted by Gasteiger charge is -2.18. The zero-order valence-corrected chi connectivity index (χ0v) is 16.7. The van der Waals surface area contributed by atoms with E-state index in [4.69, 9.17) is 4.74 Å². The van der Waals surface area contributed by atoms with Gasteiger partial charge in [0.05, 0.1) is 11.2 Å². The van der Waals surface area contributed by atoms with E-state index in [2.05, 4.69) is 33.7 Å². The first-order valence-electron chi connectivity index (χ1n) is 9.37. The molecule has 8 nitrogen and oxygen atoms in total. The summed E-state index contributed by atoms with van der Waals surface area (Å²) in [5, 5.41) is 0. The van der Waals surface area contributed by atoms with E-state index in [1.807, 2.05) is 24.3 Å². The van der Waals surface area contributed by atoms with Crippen molar-refractivity contribution in [2.45, 2.75) is 20.8 Å². The molecule has 0 unspecified atom stereocenters. The maximum absolute atomic E-state index is 12.2. The monoisotopic (exact) mass is 383 g/mol. The molecule has 1 aromatic carbocycles. The highest BCUT2D eigenvalue weighted by atomic mass is 16.5. The molecule has 8 heteroatoms. The molecule has 0 saturated carbocycles. The first-order valence-corrected chi connectivity index (χ1v) is 9.37. The molecule has 3 rings (SSSR count). The topological polar surface area (TPSA) is 93.1 Å². The second-order valence-corrected chi connectivity index (χ2v) is 6.55. The lowest BCUT2D eigenvalue weighted by Crippen LogP contribution is -2.29. The van der Waals surface area contributed by atoms with Gasteiger partial charge in [-0.1, -0.05) is 13.8 Å². The van der Waals surface area contributed by atoms with Crippen molar-refractivity contribution >= 4 is 11.0 Å². The molecule has 0 amide bonds. The Morgan fingerprint density at radius 3 is 2.43 bits per heavy atom. The van der Waals surface area contributed by atoms with E-state index >= 15 is 0 Å². The molecule has 3 aromatic rings. The van der Waals surface area contributed by atoms with Crippen LogP contribution < -0.4 is 16.0 Å². The van der Waals surface area contributed by atoms with Gasteiger partial charge in [0.25, 0.3) is 5.56 Å². The summed E-state index contributed by atoms with van der Waals surface area (Å²) in [6, 6.07) is 7.46. The van der Waals surface area contributed by atoms with E-state index in [9.17, 15) is 9.59 Å². The molecule has 1 N–H and O–H groups in total. The third-order valence-electron chi connectivity index (χ3n) is 4.82. The number of fused-ring (bicyclic) bond motifs is 1. The van der Waals surface area contributed by atoms with Crippen LogP contribution in [-0.2, 0) is 7.05 Å². The number of aryl methyl sites for hydroxylation is 2. The minimum Gasteiger partial charge on any atom is -0.492 e. The van der Waals surface area contributed by atoms with Crippen molar-refractivity contribution in [1.29, 1.82) is 0 Å². The predicted molar refractivity (Wildman–Crippen MR) is 109 cm³/mol. The van der Waals surface area contributed by atoms with Crippen LogP contribution in [0.4, 0.5) is 0 Å². The highest BCUT2D eigenvalue weighted by Crippen LogP contribution is 2.21. The normalized spacial score (nSPS) is 11.3. The summed E-state index contributed by atoms with van der Waals surface area (Å²) in [7, 11) is 1.58. The Hall–Kier alpha value is -3.00. The van der Waals surface area contributed by atoms with Crippen molar-refractivity contribution in [3.8, 4) is 17.1 Å². The molecular weight excluding hydrogens is 358 g/mol. The summed E-state index contributed by atoms with van der Waals surface area (Å²) in [5.74, 6) is 1.21. The molecule has 0 spiro atoms. The summed E-state index contributed by atoms with van der Waals surface area (Å²) >= 11 is 0. The average molecular weight is 383 g/mol. The molecule has 2 heterocycles. The lowest BCUT2D eigenvalue weighted by molar-refractivity contribution is 0.223. The summed E-state index contributed by atoms with van der Waals surface area (Å²) in [6.45, 7) is 9.53. The van der Waals surface area contributed by atoms with Crippen molar-refractivity contribution in [2.24, 2.45) is 7.05 Å². The van der Waals surface area contributed by atoms with Crippen LogP contribution in [0.25, 0.3) is 22.4 Å². The summed E-state index contributed by atoms with van der Waals surface area (Å²) in [5.41, 5.74) is 0.988. The number of nitrogens with zero attached hydrogens (tertiary/aromatic N) is 4. The van der Waals surface area contributed by atoms with E-state index in [-0.39, 0.29) is 5.52 Å². The van der Waals surface area contributed by atoms with Crippen LogP contribution in [0.5, 0.6) is 5.75 Å². The number of H-pyrrole nitrogens is 1. The maximum atomic E-state index is 12.2. The molecule has 2 aromatic heterocycles. The van der Waals surface area contributed by atoms with Gasteiger partial charge < -0.3 is 9.64 Å². The number of aromatic amines is 1. The van der Waals surface area contributed by atoms with Crippen molar-refractivity contribution in [3.63, 3.8) is 0 Å².